The van der Waals surface area contributed by atoms with E-state index in [1.807, 2.05) is 0 Å². The molecule has 0 aliphatic carbocycles. The molecule has 0 bridgehead atoms. The molecule has 0 spiro atoms. The number of hydrogen-bond acceptors (Lipinski definition) is 5. The van der Waals surface area contributed by atoms with Crippen molar-refractivity contribution in [2.24, 2.45) is 0 Å². The molecule has 0 amide bonds. The highest BCUT2D eigenvalue weighted by molar-refractivity contribution is 4.94. The van der Waals surface area contributed by atoms with E-state index in [-0.39, 0.29) is 12.7 Å². The normalized spacial score (nSPS) is 53.8. The summed E-state index contributed by atoms with van der Waals surface area (Å²) in [6, 6.07) is 0. The van der Waals surface area contributed by atoms with Crippen molar-refractivity contribution in [1.29, 1.82) is 0 Å². The van der Waals surface area contributed by atoms with Crippen LogP contribution in [-0.2, 0) is 9.47 Å². The summed E-state index contributed by atoms with van der Waals surface area (Å²) in [5.74, 6) is 0. The van der Waals surface area contributed by atoms with Gasteiger partial charge in [0.1, 0.15) is 30.5 Å². The van der Waals surface area contributed by atoms with Gasteiger partial charge in [0.15, 0.2) is 0 Å². The van der Waals surface area contributed by atoms with Crippen molar-refractivity contribution in [2.45, 2.75) is 30.5 Å². The molecule has 12 heavy (non-hydrogen) atoms. The van der Waals surface area contributed by atoms with E-state index in [1.165, 1.54) is 0 Å². The summed E-state index contributed by atoms with van der Waals surface area (Å²) in [4.78, 5) is 0. The molecule has 0 saturated carbocycles. The standard InChI is InChI=1S/C7H12O5/c8-3-1-12-7(4-2-11-4)6(10)5(3)9/h3-10H,1-2H2/t3-,4-,5-,6+,7-/m1/s1. The molecule has 70 valence electrons. The topological polar surface area (TPSA) is 82.5 Å². The van der Waals surface area contributed by atoms with E-state index < -0.39 is 24.4 Å². The maximum atomic E-state index is 9.40. The number of epoxide rings is 1. The van der Waals surface area contributed by atoms with Gasteiger partial charge in [0.05, 0.1) is 13.2 Å². The van der Waals surface area contributed by atoms with E-state index in [0.717, 1.165) is 0 Å². The zero-order chi connectivity index (χ0) is 8.72. The van der Waals surface area contributed by atoms with Gasteiger partial charge >= 0.3 is 0 Å². The predicted octanol–water partition coefficient (Wildman–Crippen LogP) is -2.13. The minimum atomic E-state index is -1.12. The van der Waals surface area contributed by atoms with E-state index in [4.69, 9.17) is 14.6 Å². The van der Waals surface area contributed by atoms with Crippen LogP contribution in [0.4, 0.5) is 0 Å². The Morgan fingerprint density at radius 2 is 1.58 bits per heavy atom. The van der Waals surface area contributed by atoms with Crippen LogP contribution in [0.25, 0.3) is 0 Å². The van der Waals surface area contributed by atoms with Crippen molar-refractivity contribution in [1.82, 2.24) is 0 Å². The van der Waals surface area contributed by atoms with E-state index in [9.17, 15) is 10.2 Å². The average Bonchev–Trinajstić information content (AvgIpc) is 2.84. The van der Waals surface area contributed by atoms with Crippen LogP contribution in [0.15, 0.2) is 0 Å². The summed E-state index contributed by atoms with van der Waals surface area (Å²) in [5, 5.41) is 27.8. The number of rotatable bonds is 1. The van der Waals surface area contributed by atoms with Crippen LogP contribution in [0.5, 0.6) is 0 Å². The van der Waals surface area contributed by atoms with Crippen molar-refractivity contribution < 1.29 is 24.8 Å². The van der Waals surface area contributed by atoms with E-state index in [0.29, 0.717) is 6.61 Å². The fourth-order valence-electron chi connectivity index (χ4n) is 1.40. The highest BCUT2D eigenvalue weighted by atomic mass is 16.6. The summed E-state index contributed by atoms with van der Waals surface area (Å²) in [6.07, 6.45) is -3.74. The van der Waals surface area contributed by atoms with Gasteiger partial charge in [0.25, 0.3) is 0 Å². The Bertz CT molecular complexity index is 169. The van der Waals surface area contributed by atoms with Gasteiger partial charge in [-0.05, 0) is 0 Å². The van der Waals surface area contributed by atoms with Crippen LogP contribution in [0.2, 0.25) is 0 Å². The average molecular weight is 176 g/mol. The third-order valence-electron chi connectivity index (χ3n) is 2.27. The van der Waals surface area contributed by atoms with Gasteiger partial charge in [-0.25, -0.2) is 0 Å². The zero-order valence-electron chi connectivity index (χ0n) is 6.46. The van der Waals surface area contributed by atoms with Crippen LogP contribution in [0.3, 0.4) is 0 Å². The van der Waals surface area contributed by atoms with Crippen LogP contribution in [-0.4, -0.2) is 59.1 Å². The number of hydrogen-bond donors (Lipinski definition) is 3. The zero-order valence-corrected chi connectivity index (χ0v) is 6.46. The Labute approximate surface area is 69.5 Å². The molecule has 0 radical (unpaired) electrons. The molecule has 3 N–H and O–H groups in total. The van der Waals surface area contributed by atoms with Gasteiger partial charge in [-0.15, -0.1) is 0 Å². The Kier molecular flexibility index (Phi) is 2.05. The molecule has 0 unspecified atom stereocenters. The molecular weight excluding hydrogens is 164 g/mol. The van der Waals surface area contributed by atoms with Crippen LogP contribution < -0.4 is 0 Å². The molecule has 0 aromatic heterocycles. The lowest BCUT2D eigenvalue weighted by Crippen LogP contribution is -2.54. The van der Waals surface area contributed by atoms with E-state index in [1.54, 1.807) is 0 Å². The number of ether oxygens (including phenoxy) is 2. The quantitative estimate of drug-likeness (QED) is 0.397. The van der Waals surface area contributed by atoms with Crippen molar-refractivity contribution in [3.63, 3.8) is 0 Å². The van der Waals surface area contributed by atoms with E-state index in [2.05, 4.69) is 0 Å². The lowest BCUT2D eigenvalue weighted by atomic mass is 9.98. The minimum Gasteiger partial charge on any atom is -0.388 e. The molecule has 2 rings (SSSR count). The second kappa shape index (κ2) is 2.93. The Balaban J connectivity index is 1.98. The van der Waals surface area contributed by atoms with Gasteiger partial charge in [0, 0.05) is 0 Å². The van der Waals surface area contributed by atoms with Gasteiger partial charge in [-0.2, -0.15) is 0 Å². The van der Waals surface area contributed by atoms with Crippen LogP contribution in [0.1, 0.15) is 0 Å². The Morgan fingerprint density at radius 3 is 2.17 bits per heavy atom. The molecule has 2 aliphatic heterocycles. The first-order chi connectivity index (χ1) is 5.70. The first-order valence-electron chi connectivity index (χ1n) is 3.97. The first kappa shape index (κ1) is 8.40. The van der Waals surface area contributed by atoms with Gasteiger partial charge in [-0.1, -0.05) is 0 Å². The second-order valence-electron chi connectivity index (χ2n) is 3.22. The maximum Gasteiger partial charge on any atom is 0.114 e. The first-order valence-corrected chi connectivity index (χ1v) is 3.97. The molecular formula is C7H12O5. The maximum absolute atomic E-state index is 9.40. The third kappa shape index (κ3) is 1.34. The summed E-state index contributed by atoms with van der Waals surface area (Å²) < 4.78 is 10.0. The fraction of sp³-hybridized carbons (Fsp3) is 1.00. The van der Waals surface area contributed by atoms with Crippen molar-refractivity contribution in [2.75, 3.05) is 13.2 Å². The molecule has 2 heterocycles. The lowest BCUT2D eigenvalue weighted by molar-refractivity contribution is -0.191. The van der Waals surface area contributed by atoms with Crippen LogP contribution >= 0.6 is 0 Å². The SMILES string of the molecule is O[C@H]1[C@H](O)[C@H](O)CO[C@@H]1[C@H]1CO1. The molecule has 2 fully saturated rings. The second-order valence-corrected chi connectivity index (χ2v) is 3.22. The molecule has 5 nitrogen and oxygen atoms in total. The van der Waals surface area contributed by atoms with Gasteiger partial charge in [0.2, 0.25) is 0 Å². The molecule has 0 aromatic carbocycles. The summed E-state index contributed by atoms with van der Waals surface area (Å²) in [7, 11) is 0. The van der Waals surface area contributed by atoms with Crippen molar-refractivity contribution in [3.05, 3.63) is 0 Å². The Hall–Kier alpha value is -0.200. The van der Waals surface area contributed by atoms with Crippen molar-refractivity contribution in [3.8, 4) is 0 Å². The molecule has 5 heteroatoms. The molecule has 2 saturated heterocycles. The third-order valence-corrected chi connectivity index (χ3v) is 2.27. The highest BCUT2D eigenvalue weighted by Gasteiger charge is 2.46. The highest BCUT2D eigenvalue weighted by Crippen LogP contribution is 2.25. The molecule has 0 aromatic rings. The number of aliphatic hydroxyl groups is 3. The largest absolute Gasteiger partial charge is 0.388 e. The monoisotopic (exact) mass is 176 g/mol. The van der Waals surface area contributed by atoms with Gasteiger partial charge < -0.3 is 24.8 Å². The lowest BCUT2D eigenvalue weighted by Gasteiger charge is -2.34. The predicted molar refractivity (Wildman–Crippen MR) is 37.5 cm³/mol. The summed E-state index contributed by atoms with van der Waals surface area (Å²) in [6.45, 7) is 0.618. The minimum absolute atomic E-state index is 0.0583. The number of aliphatic hydroxyl groups excluding tert-OH is 3. The summed E-state index contributed by atoms with van der Waals surface area (Å²) >= 11 is 0. The fourth-order valence-corrected chi connectivity index (χ4v) is 1.40. The Morgan fingerprint density at radius 1 is 0.917 bits per heavy atom. The smallest absolute Gasteiger partial charge is 0.114 e. The molecule has 5 atom stereocenters. The van der Waals surface area contributed by atoms with Gasteiger partial charge in [-0.3, -0.25) is 0 Å². The summed E-state index contributed by atoms with van der Waals surface area (Å²) in [5.41, 5.74) is 0. The van der Waals surface area contributed by atoms with E-state index >= 15 is 0 Å². The van der Waals surface area contributed by atoms with Crippen molar-refractivity contribution >= 4 is 0 Å². The van der Waals surface area contributed by atoms with Crippen LogP contribution in [0, 0.1) is 0 Å². The molecule has 2 aliphatic rings.